The Morgan fingerprint density at radius 2 is 1.84 bits per heavy atom. The van der Waals surface area contributed by atoms with Crippen LogP contribution in [0.2, 0.25) is 0 Å². The van der Waals surface area contributed by atoms with Crippen LogP contribution in [0.5, 0.6) is 0 Å². The number of carbonyl (C=O) groups is 2. The lowest BCUT2D eigenvalue weighted by Gasteiger charge is -2.30. The van der Waals surface area contributed by atoms with Crippen molar-refractivity contribution < 1.29 is 19.1 Å². The Kier molecular flexibility index (Phi) is 9.67. The Bertz CT molecular complexity index is 803. The summed E-state index contributed by atoms with van der Waals surface area (Å²) in [5.74, 6) is 0.689. The molecule has 0 aliphatic carbocycles. The van der Waals surface area contributed by atoms with E-state index in [9.17, 15) is 9.59 Å². The molecular formula is C26H37NO4S. The number of ether oxygens (including phenoxy) is 2. The average molecular weight is 460 g/mol. The fourth-order valence-electron chi connectivity index (χ4n) is 4.37. The highest BCUT2D eigenvalue weighted by molar-refractivity contribution is 8.15. The normalized spacial score (nSPS) is 21.0. The molecule has 0 saturated carbocycles. The quantitative estimate of drug-likeness (QED) is 0.372. The topological polar surface area (TPSA) is 55.8 Å². The van der Waals surface area contributed by atoms with Crippen molar-refractivity contribution in [1.29, 1.82) is 0 Å². The molecule has 1 atom stereocenters. The lowest BCUT2D eigenvalue weighted by atomic mass is 9.99. The zero-order chi connectivity index (χ0) is 22.8. The van der Waals surface area contributed by atoms with Gasteiger partial charge in [0.05, 0.1) is 18.0 Å². The molecule has 1 fully saturated rings. The van der Waals surface area contributed by atoms with Gasteiger partial charge in [-0.25, -0.2) is 0 Å². The Labute approximate surface area is 196 Å². The number of benzene rings is 1. The second-order valence-electron chi connectivity index (χ2n) is 8.91. The number of morpholine rings is 1. The Balaban J connectivity index is 1.51. The van der Waals surface area contributed by atoms with Gasteiger partial charge in [-0.15, -0.1) is 0 Å². The Morgan fingerprint density at radius 3 is 2.62 bits per heavy atom. The van der Waals surface area contributed by atoms with Crippen molar-refractivity contribution >= 4 is 28.3 Å². The van der Waals surface area contributed by atoms with Crippen LogP contribution in [0, 0.1) is 0 Å². The highest BCUT2D eigenvalue weighted by Gasteiger charge is 2.39. The van der Waals surface area contributed by atoms with Crippen molar-refractivity contribution in [3.05, 3.63) is 41.7 Å². The molecule has 0 aromatic heterocycles. The summed E-state index contributed by atoms with van der Waals surface area (Å²) < 4.78 is 11.0. The molecule has 0 bridgehead atoms. The number of ketones is 1. The van der Waals surface area contributed by atoms with Crippen LogP contribution < -0.4 is 4.90 Å². The first-order valence-corrected chi connectivity index (χ1v) is 12.8. The molecule has 2 aliphatic rings. The van der Waals surface area contributed by atoms with E-state index in [4.69, 9.17) is 9.47 Å². The molecule has 6 heteroatoms. The number of unbranched alkanes of at least 4 members (excludes halogenated alkanes) is 5. The third-order valence-electron chi connectivity index (χ3n) is 6.22. The maximum Gasteiger partial charge on any atom is 0.216 e. The van der Waals surface area contributed by atoms with E-state index in [-0.39, 0.29) is 22.3 Å². The van der Waals surface area contributed by atoms with Crippen molar-refractivity contribution in [2.24, 2.45) is 0 Å². The lowest BCUT2D eigenvalue weighted by molar-refractivity contribution is -0.122. The van der Waals surface area contributed by atoms with Gasteiger partial charge in [-0.05, 0) is 25.0 Å². The van der Waals surface area contributed by atoms with E-state index in [1.807, 2.05) is 18.2 Å². The summed E-state index contributed by atoms with van der Waals surface area (Å²) in [5.41, 5.74) is 2.12. The van der Waals surface area contributed by atoms with Gasteiger partial charge in [-0.2, -0.15) is 0 Å². The number of Topliss-reactive ketones (excluding diaryl/α,β-unsaturated/α-hetero) is 1. The van der Waals surface area contributed by atoms with Crippen molar-refractivity contribution in [3.63, 3.8) is 0 Å². The van der Waals surface area contributed by atoms with Gasteiger partial charge in [0.15, 0.2) is 5.78 Å². The van der Waals surface area contributed by atoms with Gasteiger partial charge in [0.1, 0.15) is 12.4 Å². The van der Waals surface area contributed by atoms with Gasteiger partial charge in [0.25, 0.3) is 0 Å². The number of hydrogen-bond acceptors (Lipinski definition) is 6. The molecule has 0 radical (unpaired) electrons. The molecule has 3 rings (SSSR count). The second kappa shape index (κ2) is 12.4. The first-order valence-electron chi connectivity index (χ1n) is 12.0. The molecule has 0 N–H and O–H groups in total. The summed E-state index contributed by atoms with van der Waals surface area (Å²) in [6, 6.07) is 8.07. The smallest absolute Gasteiger partial charge is 0.216 e. The standard InChI is InChI=1S/C26H37NO4S/c1-3-4-5-6-7-10-13-26(2)24(19-25(29)32-26)31-20-22(28)18-21-11-8-9-12-23(21)27-14-16-30-17-15-27/h8-9,11-12,19H,3-7,10,13-18,20H2,1-2H3. The van der Waals surface area contributed by atoms with Gasteiger partial charge in [0, 0.05) is 31.3 Å². The van der Waals surface area contributed by atoms with Crippen LogP contribution in [0.1, 0.15) is 64.4 Å². The molecular weight excluding hydrogens is 422 g/mol. The van der Waals surface area contributed by atoms with Crippen LogP contribution in [-0.2, 0) is 25.5 Å². The van der Waals surface area contributed by atoms with Crippen molar-refractivity contribution in [2.75, 3.05) is 37.8 Å². The van der Waals surface area contributed by atoms with E-state index >= 15 is 0 Å². The number of nitrogens with zero attached hydrogens (tertiary/aromatic N) is 1. The fourth-order valence-corrected chi connectivity index (χ4v) is 5.44. The molecule has 1 saturated heterocycles. The van der Waals surface area contributed by atoms with Crippen LogP contribution in [0.3, 0.4) is 0 Å². The third-order valence-corrected chi connectivity index (χ3v) is 7.40. The molecule has 1 aromatic rings. The molecule has 176 valence electrons. The Hall–Kier alpha value is -1.79. The molecule has 5 nitrogen and oxygen atoms in total. The van der Waals surface area contributed by atoms with Gasteiger partial charge < -0.3 is 14.4 Å². The summed E-state index contributed by atoms with van der Waals surface area (Å²) in [6.45, 7) is 7.39. The van der Waals surface area contributed by atoms with Crippen molar-refractivity contribution in [1.82, 2.24) is 0 Å². The minimum atomic E-state index is -0.353. The van der Waals surface area contributed by atoms with Crippen molar-refractivity contribution in [2.45, 2.75) is 70.0 Å². The van der Waals surface area contributed by atoms with Crippen molar-refractivity contribution in [3.8, 4) is 0 Å². The molecule has 32 heavy (non-hydrogen) atoms. The summed E-state index contributed by atoms with van der Waals surface area (Å²) in [4.78, 5) is 27.2. The van der Waals surface area contributed by atoms with Gasteiger partial charge in [-0.1, -0.05) is 75.4 Å². The number of rotatable bonds is 13. The van der Waals surface area contributed by atoms with E-state index in [1.54, 1.807) is 6.08 Å². The highest BCUT2D eigenvalue weighted by atomic mass is 32.2. The number of hydrogen-bond donors (Lipinski definition) is 0. The van der Waals surface area contributed by atoms with Crippen LogP contribution in [0.25, 0.3) is 0 Å². The molecule has 2 aliphatic heterocycles. The average Bonchev–Trinajstić information content (AvgIpc) is 3.09. The third kappa shape index (κ3) is 7.11. The molecule has 0 spiro atoms. The number of thioether (sulfide) groups is 1. The summed E-state index contributed by atoms with van der Waals surface area (Å²) >= 11 is 1.33. The molecule has 1 unspecified atom stereocenters. The number of para-hydroxylation sites is 1. The molecule has 1 aromatic carbocycles. The highest BCUT2D eigenvalue weighted by Crippen LogP contribution is 2.44. The first-order chi connectivity index (χ1) is 15.5. The van der Waals surface area contributed by atoms with E-state index in [2.05, 4.69) is 24.8 Å². The minimum absolute atomic E-state index is 0.00318. The van der Waals surface area contributed by atoms with Crippen LogP contribution in [0.4, 0.5) is 5.69 Å². The summed E-state index contributed by atoms with van der Waals surface area (Å²) in [7, 11) is 0. The maximum absolute atomic E-state index is 12.8. The van der Waals surface area contributed by atoms with Gasteiger partial charge >= 0.3 is 0 Å². The molecule has 0 amide bonds. The summed E-state index contributed by atoms with van der Waals surface area (Å²) in [5, 5.41) is 0.0265. The fraction of sp³-hybridized carbons (Fsp3) is 0.615. The van der Waals surface area contributed by atoms with E-state index < -0.39 is 0 Å². The van der Waals surface area contributed by atoms with Gasteiger partial charge in [0.2, 0.25) is 5.12 Å². The lowest BCUT2D eigenvalue weighted by Crippen LogP contribution is -2.37. The molecule has 2 heterocycles. The zero-order valence-electron chi connectivity index (χ0n) is 19.6. The van der Waals surface area contributed by atoms with E-state index in [0.29, 0.717) is 25.4 Å². The zero-order valence-corrected chi connectivity index (χ0v) is 20.4. The first kappa shape index (κ1) is 24.8. The van der Waals surface area contributed by atoms with Crippen LogP contribution in [0.15, 0.2) is 36.1 Å². The summed E-state index contributed by atoms with van der Waals surface area (Å²) in [6.07, 6.45) is 10.1. The van der Waals surface area contributed by atoms with E-state index in [1.165, 1.54) is 43.9 Å². The predicted molar refractivity (Wildman–Crippen MR) is 131 cm³/mol. The van der Waals surface area contributed by atoms with E-state index in [0.717, 1.165) is 37.2 Å². The predicted octanol–water partition coefficient (Wildman–Crippen LogP) is 5.32. The monoisotopic (exact) mass is 459 g/mol. The maximum atomic E-state index is 12.8. The van der Waals surface area contributed by atoms with Crippen LogP contribution >= 0.6 is 11.8 Å². The number of anilines is 1. The minimum Gasteiger partial charge on any atom is -0.489 e. The SMILES string of the molecule is CCCCCCCCC1(C)SC(=O)C=C1OCC(=O)Cc1ccccc1N1CCOCC1. The van der Waals surface area contributed by atoms with Gasteiger partial charge in [-0.3, -0.25) is 9.59 Å². The number of carbonyl (C=O) groups excluding carboxylic acids is 2. The largest absolute Gasteiger partial charge is 0.489 e. The van der Waals surface area contributed by atoms with Crippen LogP contribution in [-0.4, -0.2) is 48.6 Å². The second-order valence-corrected chi connectivity index (χ2v) is 10.4. The Morgan fingerprint density at radius 1 is 1.12 bits per heavy atom.